The Morgan fingerprint density at radius 2 is 2.20 bits per heavy atom. The van der Waals surface area contributed by atoms with Crippen molar-refractivity contribution in [2.45, 2.75) is 19.9 Å². The van der Waals surface area contributed by atoms with Crippen LogP contribution in [-0.4, -0.2) is 11.7 Å². The average molecular weight is 223 g/mol. The van der Waals surface area contributed by atoms with Gasteiger partial charge in [0.2, 0.25) is 0 Å². The van der Waals surface area contributed by atoms with Gasteiger partial charge in [-0.3, -0.25) is 0 Å². The van der Waals surface area contributed by atoms with Crippen molar-refractivity contribution in [3.63, 3.8) is 0 Å². The van der Waals surface area contributed by atoms with Gasteiger partial charge in [0.05, 0.1) is 0 Å². The van der Waals surface area contributed by atoms with Gasteiger partial charge < -0.3 is 16.4 Å². The summed E-state index contributed by atoms with van der Waals surface area (Å²) in [7, 11) is 0. The molecular weight excluding hydrogens is 206 g/mol. The fraction of sp³-hybridized carbons (Fsp3) is 0.364. The summed E-state index contributed by atoms with van der Waals surface area (Å²) in [6, 6.07) is 7.98. The predicted octanol–water partition coefficient (Wildman–Crippen LogP) is 1.61. The molecule has 1 rings (SSSR count). The number of benzene rings is 1. The van der Waals surface area contributed by atoms with Crippen LogP contribution >= 0.6 is 12.2 Å². The standard InChI is InChI=1S/C11H17N3S/c1-2-6-14(11(13)15)10-5-3-4-9(7-10)8-12/h3-5,7H,2,6,8,12H2,1H3,(H2,13,15). The van der Waals surface area contributed by atoms with Crippen LogP contribution in [0.4, 0.5) is 5.69 Å². The van der Waals surface area contributed by atoms with E-state index in [2.05, 4.69) is 6.92 Å². The van der Waals surface area contributed by atoms with Crippen LogP contribution in [0.2, 0.25) is 0 Å². The Morgan fingerprint density at radius 3 is 2.73 bits per heavy atom. The fourth-order valence-corrected chi connectivity index (χ4v) is 1.64. The van der Waals surface area contributed by atoms with Crippen LogP contribution in [0, 0.1) is 0 Å². The minimum atomic E-state index is 0.408. The van der Waals surface area contributed by atoms with Gasteiger partial charge in [-0.05, 0) is 36.3 Å². The SMILES string of the molecule is CCCN(C(N)=S)c1cccc(CN)c1. The molecule has 3 nitrogen and oxygen atoms in total. The molecule has 0 saturated heterocycles. The summed E-state index contributed by atoms with van der Waals surface area (Å²) in [5, 5.41) is 0.408. The van der Waals surface area contributed by atoms with E-state index >= 15 is 0 Å². The number of hydrogen-bond donors (Lipinski definition) is 2. The van der Waals surface area contributed by atoms with Crippen LogP contribution in [0.15, 0.2) is 24.3 Å². The first-order chi connectivity index (χ1) is 7.19. The molecule has 0 aromatic heterocycles. The second-order valence-corrected chi connectivity index (χ2v) is 3.78. The summed E-state index contributed by atoms with van der Waals surface area (Å²) in [5.41, 5.74) is 13.4. The Hall–Kier alpha value is -1.13. The van der Waals surface area contributed by atoms with Gasteiger partial charge in [0.1, 0.15) is 0 Å². The lowest BCUT2D eigenvalue weighted by Gasteiger charge is -2.22. The van der Waals surface area contributed by atoms with Gasteiger partial charge in [0.15, 0.2) is 5.11 Å². The molecule has 4 heteroatoms. The number of anilines is 1. The minimum Gasteiger partial charge on any atom is -0.376 e. The van der Waals surface area contributed by atoms with Crippen LogP contribution in [0.5, 0.6) is 0 Å². The Kier molecular flexibility index (Phi) is 4.52. The topological polar surface area (TPSA) is 55.3 Å². The maximum Gasteiger partial charge on any atom is 0.170 e. The Bertz CT molecular complexity index is 338. The van der Waals surface area contributed by atoms with Gasteiger partial charge >= 0.3 is 0 Å². The Balaban J connectivity index is 2.94. The van der Waals surface area contributed by atoms with Gasteiger partial charge in [-0.1, -0.05) is 19.1 Å². The van der Waals surface area contributed by atoms with Crippen molar-refractivity contribution in [3.8, 4) is 0 Å². The first-order valence-electron chi connectivity index (χ1n) is 5.05. The van der Waals surface area contributed by atoms with Crippen LogP contribution in [0.1, 0.15) is 18.9 Å². The summed E-state index contributed by atoms with van der Waals surface area (Å²) in [4.78, 5) is 1.93. The quantitative estimate of drug-likeness (QED) is 0.761. The maximum absolute atomic E-state index is 5.67. The molecule has 0 radical (unpaired) electrons. The number of hydrogen-bond acceptors (Lipinski definition) is 2. The summed E-state index contributed by atoms with van der Waals surface area (Å²) >= 11 is 5.02. The van der Waals surface area contributed by atoms with Gasteiger partial charge in [-0.2, -0.15) is 0 Å². The average Bonchev–Trinajstić information content (AvgIpc) is 2.25. The van der Waals surface area contributed by atoms with Crippen molar-refractivity contribution in [1.82, 2.24) is 0 Å². The van der Waals surface area contributed by atoms with Crippen LogP contribution < -0.4 is 16.4 Å². The molecule has 0 aliphatic rings. The summed E-state index contributed by atoms with van der Waals surface area (Å²) in [5.74, 6) is 0. The molecule has 0 fully saturated rings. The highest BCUT2D eigenvalue weighted by Gasteiger charge is 2.07. The fourth-order valence-electron chi connectivity index (χ4n) is 1.44. The third-order valence-corrected chi connectivity index (χ3v) is 2.39. The molecule has 15 heavy (non-hydrogen) atoms. The van der Waals surface area contributed by atoms with E-state index in [9.17, 15) is 0 Å². The smallest absolute Gasteiger partial charge is 0.170 e. The first-order valence-corrected chi connectivity index (χ1v) is 5.45. The van der Waals surface area contributed by atoms with Crippen molar-refractivity contribution in [2.24, 2.45) is 11.5 Å². The molecule has 0 aliphatic carbocycles. The zero-order valence-electron chi connectivity index (χ0n) is 8.94. The Morgan fingerprint density at radius 1 is 1.47 bits per heavy atom. The zero-order valence-corrected chi connectivity index (χ0v) is 9.76. The van der Waals surface area contributed by atoms with Crippen molar-refractivity contribution in [3.05, 3.63) is 29.8 Å². The van der Waals surface area contributed by atoms with Gasteiger partial charge in [-0.25, -0.2) is 0 Å². The van der Waals surface area contributed by atoms with Crippen molar-refractivity contribution >= 4 is 23.0 Å². The molecule has 0 heterocycles. The molecular formula is C11H17N3S. The van der Waals surface area contributed by atoms with Crippen LogP contribution in [0.25, 0.3) is 0 Å². The van der Waals surface area contributed by atoms with Gasteiger partial charge in [0.25, 0.3) is 0 Å². The number of nitrogens with zero attached hydrogens (tertiary/aromatic N) is 1. The molecule has 0 unspecified atom stereocenters. The maximum atomic E-state index is 5.67. The molecule has 1 aromatic carbocycles. The molecule has 0 amide bonds. The van der Waals surface area contributed by atoms with E-state index in [1.54, 1.807) is 0 Å². The summed E-state index contributed by atoms with van der Waals surface area (Å²) in [6.45, 7) is 3.46. The van der Waals surface area contributed by atoms with Gasteiger partial charge in [0, 0.05) is 18.8 Å². The molecule has 0 atom stereocenters. The lowest BCUT2D eigenvalue weighted by molar-refractivity contribution is 0.903. The van der Waals surface area contributed by atoms with Gasteiger partial charge in [-0.15, -0.1) is 0 Å². The molecule has 82 valence electrons. The molecule has 0 saturated carbocycles. The molecule has 4 N–H and O–H groups in total. The zero-order chi connectivity index (χ0) is 11.3. The Labute approximate surface area is 96.1 Å². The number of thiocarbonyl (C=S) groups is 1. The second-order valence-electron chi connectivity index (χ2n) is 3.36. The third-order valence-electron chi connectivity index (χ3n) is 2.17. The van der Waals surface area contributed by atoms with E-state index in [1.807, 2.05) is 29.2 Å². The molecule has 0 bridgehead atoms. The molecule has 0 aliphatic heterocycles. The highest BCUT2D eigenvalue weighted by Crippen LogP contribution is 2.16. The number of rotatable bonds is 4. The lowest BCUT2D eigenvalue weighted by atomic mass is 10.2. The van der Waals surface area contributed by atoms with Crippen LogP contribution in [0.3, 0.4) is 0 Å². The normalized spacial score (nSPS) is 10.0. The van der Waals surface area contributed by atoms with E-state index in [0.29, 0.717) is 11.7 Å². The first kappa shape index (κ1) is 11.9. The van der Waals surface area contributed by atoms with Crippen molar-refractivity contribution in [1.29, 1.82) is 0 Å². The third kappa shape index (κ3) is 3.18. The van der Waals surface area contributed by atoms with Crippen molar-refractivity contribution in [2.75, 3.05) is 11.4 Å². The largest absolute Gasteiger partial charge is 0.376 e. The predicted molar refractivity (Wildman–Crippen MR) is 68.8 cm³/mol. The number of nitrogens with two attached hydrogens (primary N) is 2. The summed E-state index contributed by atoms with van der Waals surface area (Å²) in [6.07, 6.45) is 1.00. The second kappa shape index (κ2) is 5.68. The van der Waals surface area contributed by atoms with E-state index in [-0.39, 0.29) is 0 Å². The molecule has 0 spiro atoms. The monoisotopic (exact) mass is 223 g/mol. The van der Waals surface area contributed by atoms with E-state index in [0.717, 1.165) is 24.2 Å². The highest BCUT2D eigenvalue weighted by atomic mass is 32.1. The van der Waals surface area contributed by atoms with E-state index < -0.39 is 0 Å². The summed E-state index contributed by atoms with van der Waals surface area (Å²) < 4.78 is 0. The van der Waals surface area contributed by atoms with Crippen LogP contribution in [-0.2, 0) is 6.54 Å². The van der Waals surface area contributed by atoms with Crippen molar-refractivity contribution < 1.29 is 0 Å². The van der Waals surface area contributed by atoms with E-state index in [1.165, 1.54) is 0 Å². The minimum absolute atomic E-state index is 0.408. The highest BCUT2D eigenvalue weighted by molar-refractivity contribution is 7.80. The molecule has 1 aromatic rings. The lowest BCUT2D eigenvalue weighted by Crippen LogP contribution is -2.36. The van der Waals surface area contributed by atoms with E-state index in [4.69, 9.17) is 23.7 Å².